The summed E-state index contributed by atoms with van der Waals surface area (Å²) in [5, 5.41) is 9.31. The van der Waals surface area contributed by atoms with Crippen LogP contribution in [-0.2, 0) is 33.3 Å². The van der Waals surface area contributed by atoms with E-state index in [0.29, 0.717) is 0 Å². The van der Waals surface area contributed by atoms with E-state index in [4.69, 9.17) is 27.7 Å². The second-order valence-electron chi connectivity index (χ2n) is 15.8. The quantitative estimate of drug-likeness (QED) is 0.0584. The summed E-state index contributed by atoms with van der Waals surface area (Å²) < 4.78 is 43.1. The Morgan fingerprint density at radius 2 is 1.35 bits per heavy atom. The highest BCUT2D eigenvalue weighted by atomic mass is 31.2. The minimum absolute atomic E-state index is 0.0575. The van der Waals surface area contributed by atoms with Gasteiger partial charge < -0.3 is 27.7 Å². The molecule has 284 valence electrons. The average molecular weight is 749 g/mol. The Kier molecular flexibility index (Phi) is 14.8. The zero-order valence-corrected chi connectivity index (χ0v) is 35.3. The first-order valence-corrected chi connectivity index (χ1v) is 22.5. The summed E-state index contributed by atoms with van der Waals surface area (Å²) in [4.78, 5) is 0. The molecule has 10 heteroatoms. The summed E-state index contributed by atoms with van der Waals surface area (Å²) >= 11 is 0. The lowest BCUT2D eigenvalue weighted by Gasteiger charge is -2.40. The summed E-state index contributed by atoms with van der Waals surface area (Å²) in [5.74, 6) is 0. The molecular weight excluding hydrogens is 688 g/mol. The topological polar surface area (TPSA) is 82.4 Å². The number of benzene rings is 3. The number of ether oxygens (including phenoxy) is 3. The lowest BCUT2D eigenvalue weighted by atomic mass is 9.79. The summed E-state index contributed by atoms with van der Waals surface area (Å²) in [6.07, 6.45) is -2.16. The molecule has 3 aromatic rings. The molecule has 1 fully saturated rings. The molecule has 52 heavy (non-hydrogen) atoms. The normalized spacial score (nSPS) is 20.5. The van der Waals surface area contributed by atoms with E-state index in [0.717, 1.165) is 16.7 Å². The molecule has 0 aliphatic carbocycles. The fourth-order valence-electron chi connectivity index (χ4n) is 6.37. The van der Waals surface area contributed by atoms with Crippen molar-refractivity contribution in [3.8, 4) is 6.07 Å². The van der Waals surface area contributed by atoms with Gasteiger partial charge in [0, 0.05) is 19.2 Å². The van der Waals surface area contributed by atoms with E-state index in [-0.39, 0.29) is 36.8 Å². The minimum atomic E-state index is -2.31. The van der Waals surface area contributed by atoms with Crippen molar-refractivity contribution in [1.82, 2.24) is 4.67 Å². The Morgan fingerprint density at radius 3 is 1.81 bits per heavy atom. The van der Waals surface area contributed by atoms with Crippen LogP contribution >= 0.6 is 8.53 Å². The first kappa shape index (κ1) is 42.3. The molecule has 1 saturated heterocycles. The second kappa shape index (κ2) is 18.2. The minimum Gasteiger partial charge on any atom is -0.390 e. The van der Waals surface area contributed by atoms with E-state index in [2.05, 4.69) is 159 Å². The van der Waals surface area contributed by atoms with Gasteiger partial charge in [0.1, 0.15) is 23.9 Å². The Bertz CT molecular complexity index is 1520. The molecule has 0 bridgehead atoms. The predicted octanol–water partition coefficient (Wildman–Crippen LogP) is 10.0. The van der Waals surface area contributed by atoms with E-state index >= 15 is 0 Å². The van der Waals surface area contributed by atoms with Crippen LogP contribution in [0.1, 0.15) is 82.7 Å². The van der Waals surface area contributed by atoms with Gasteiger partial charge in [-0.25, -0.2) is 4.67 Å². The molecule has 4 rings (SSSR count). The molecule has 0 amide bonds. The largest absolute Gasteiger partial charge is 0.390 e. The molecule has 0 saturated carbocycles. The zero-order valence-electron chi connectivity index (χ0n) is 33.4. The standard InChI is InChI=1S/C42H61N2O6PSi/c1-30(2)44(31(3)4)51(47-28-16-27-43)49-38-37(48-40(39(38)45-10)50-52(11,12)41(7,8)9)29-46-42(34-17-14-13-15-18-34,35-23-19-32(5)20-24-35)36-25-21-33(6)22-26-36/h13-15,17-26,30-31,37-40H,16,28-29H2,1-12H3/t37-,38?,39+,40+,51?/m0/s1. The third-order valence-electron chi connectivity index (χ3n) is 10.2. The van der Waals surface area contributed by atoms with Crippen molar-refractivity contribution >= 4 is 16.8 Å². The van der Waals surface area contributed by atoms with Crippen molar-refractivity contribution < 1.29 is 27.7 Å². The fraction of sp³-hybridized carbons (Fsp3) is 0.548. The molecule has 2 unspecified atom stereocenters. The Hall–Kier alpha value is -2.48. The van der Waals surface area contributed by atoms with Gasteiger partial charge in [0.05, 0.1) is 25.7 Å². The maximum Gasteiger partial charge on any atom is 0.259 e. The SMILES string of the molecule is CO[C@@H]1C(OP(OCCC#N)N(C(C)C)C(C)C)[C@H](COC(c2ccccc2)(c2ccc(C)cc2)c2ccc(C)cc2)O[C@@H]1O[Si](C)(C)C(C)(C)C. The fourth-order valence-corrected chi connectivity index (χ4v) is 9.26. The molecule has 0 aromatic heterocycles. The van der Waals surface area contributed by atoms with Crippen molar-refractivity contribution in [2.24, 2.45) is 0 Å². The van der Waals surface area contributed by atoms with Gasteiger partial charge in [-0.1, -0.05) is 111 Å². The van der Waals surface area contributed by atoms with Crippen molar-refractivity contribution in [3.05, 3.63) is 107 Å². The van der Waals surface area contributed by atoms with Gasteiger partial charge in [0.25, 0.3) is 8.53 Å². The predicted molar refractivity (Wildman–Crippen MR) is 212 cm³/mol. The van der Waals surface area contributed by atoms with Crippen LogP contribution in [0.4, 0.5) is 0 Å². The molecule has 8 nitrogen and oxygen atoms in total. The first-order valence-electron chi connectivity index (χ1n) is 18.5. The van der Waals surface area contributed by atoms with Gasteiger partial charge in [-0.05, 0) is 76.4 Å². The van der Waals surface area contributed by atoms with Crippen LogP contribution in [-0.4, -0.2) is 70.0 Å². The van der Waals surface area contributed by atoms with Crippen LogP contribution < -0.4 is 0 Å². The van der Waals surface area contributed by atoms with Crippen LogP contribution in [0.2, 0.25) is 18.1 Å². The monoisotopic (exact) mass is 748 g/mol. The lowest BCUT2D eigenvalue weighted by Crippen LogP contribution is -2.48. The maximum absolute atomic E-state index is 9.36. The molecule has 0 N–H and O–H groups in total. The van der Waals surface area contributed by atoms with Gasteiger partial charge >= 0.3 is 0 Å². The Balaban J connectivity index is 1.84. The number of rotatable bonds is 17. The lowest BCUT2D eigenvalue weighted by molar-refractivity contribution is -0.142. The molecule has 5 atom stereocenters. The number of nitrogens with zero attached hydrogens (tertiary/aromatic N) is 2. The second-order valence-corrected chi connectivity index (χ2v) is 22.0. The third kappa shape index (κ3) is 9.78. The van der Waals surface area contributed by atoms with E-state index in [1.165, 1.54) is 11.1 Å². The molecular formula is C42H61N2O6PSi. The highest BCUT2D eigenvalue weighted by Gasteiger charge is 2.53. The molecule has 1 aliphatic heterocycles. The van der Waals surface area contributed by atoms with Gasteiger partial charge in [-0.2, -0.15) is 5.26 Å². The molecule has 0 spiro atoms. The Labute approximate surface area is 315 Å². The van der Waals surface area contributed by atoms with E-state index in [1.54, 1.807) is 7.11 Å². The highest BCUT2D eigenvalue weighted by Crippen LogP contribution is 2.51. The van der Waals surface area contributed by atoms with Crippen LogP contribution in [0.15, 0.2) is 78.9 Å². The number of aryl methyl sites for hydroxylation is 2. The summed E-state index contributed by atoms with van der Waals surface area (Å²) in [6, 6.07) is 30.0. The van der Waals surface area contributed by atoms with Crippen molar-refractivity contribution in [3.63, 3.8) is 0 Å². The Morgan fingerprint density at radius 1 is 0.827 bits per heavy atom. The number of methoxy groups -OCH3 is 1. The van der Waals surface area contributed by atoms with Crippen LogP contribution in [0, 0.1) is 25.2 Å². The van der Waals surface area contributed by atoms with Crippen molar-refractivity contribution in [1.29, 1.82) is 5.26 Å². The van der Waals surface area contributed by atoms with E-state index in [9.17, 15) is 5.26 Å². The van der Waals surface area contributed by atoms with Crippen molar-refractivity contribution in [2.45, 2.75) is 129 Å². The van der Waals surface area contributed by atoms with E-state index in [1.807, 2.05) is 6.07 Å². The summed E-state index contributed by atoms with van der Waals surface area (Å²) in [5.41, 5.74) is 4.39. The number of hydrogen-bond acceptors (Lipinski definition) is 8. The molecule has 1 heterocycles. The van der Waals surface area contributed by atoms with E-state index < -0.39 is 47.0 Å². The number of nitriles is 1. The molecule has 1 aliphatic rings. The van der Waals surface area contributed by atoms with Gasteiger partial charge in [0.15, 0.2) is 14.6 Å². The third-order valence-corrected chi connectivity index (χ3v) is 16.8. The maximum atomic E-state index is 9.36. The van der Waals surface area contributed by atoms with Gasteiger partial charge in [-0.3, -0.25) is 0 Å². The average Bonchev–Trinajstić information content (AvgIpc) is 3.40. The van der Waals surface area contributed by atoms with Crippen LogP contribution in [0.3, 0.4) is 0 Å². The molecule has 0 radical (unpaired) electrons. The van der Waals surface area contributed by atoms with Gasteiger partial charge in [0.2, 0.25) is 0 Å². The summed E-state index contributed by atoms with van der Waals surface area (Å²) in [6.45, 7) is 24.2. The van der Waals surface area contributed by atoms with Crippen LogP contribution in [0.5, 0.6) is 0 Å². The smallest absolute Gasteiger partial charge is 0.259 e. The zero-order chi connectivity index (χ0) is 38.3. The number of hydrogen-bond donors (Lipinski definition) is 0. The van der Waals surface area contributed by atoms with Crippen molar-refractivity contribution in [2.75, 3.05) is 20.3 Å². The molecule has 3 aromatic carbocycles. The first-order chi connectivity index (χ1) is 24.5. The van der Waals surface area contributed by atoms with Gasteiger partial charge in [-0.15, -0.1) is 0 Å². The summed E-state index contributed by atoms with van der Waals surface area (Å²) in [7, 11) is -2.24. The highest BCUT2D eigenvalue weighted by molar-refractivity contribution is 7.44. The van der Waals surface area contributed by atoms with Crippen LogP contribution in [0.25, 0.3) is 0 Å².